The van der Waals surface area contributed by atoms with Crippen molar-refractivity contribution >= 4 is 34.1 Å². The van der Waals surface area contributed by atoms with Crippen LogP contribution in [0.25, 0.3) is 0 Å². The number of carbonyl (C=O) groups excluding carboxylic acids is 1. The van der Waals surface area contributed by atoms with E-state index < -0.39 is 17.4 Å². The molecule has 1 atom stereocenters. The molecule has 0 unspecified atom stereocenters. The number of aromatic nitrogens is 1. The molecule has 2 rings (SSSR count). The average molecular weight is 376 g/mol. The summed E-state index contributed by atoms with van der Waals surface area (Å²) < 4.78 is 5.24. The van der Waals surface area contributed by atoms with Crippen LogP contribution in [0.1, 0.15) is 44.4 Å². The fourth-order valence-electron chi connectivity index (χ4n) is 2.74. The van der Waals surface area contributed by atoms with Gasteiger partial charge in [-0.25, -0.2) is 4.98 Å². The monoisotopic (exact) mass is 376 g/mol. The zero-order chi connectivity index (χ0) is 19.2. The number of carboxylic acid groups (broad SMARTS) is 1. The van der Waals surface area contributed by atoms with Gasteiger partial charge in [-0.05, 0) is 38.8 Å². The maximum atomic E-state index is 12.6. The minimum absolute atomic E-state index is 0.120. The second-order valence-corrected chi connectivity index (χ2v) is 6.94. The molecule has 140 valence electrons. The predicted octanol–water partition coefficient (Wildman–Crippen LogP) is 4.27. The van der Waals surface area contributed by atoms with E-state index in [1.165, 1.54) is 11.3 Å². The molecule has 2 N–H and O–H groups in total. The lowest BCUT2D eigenvalue weighted by Crippen LogP contribution is -2.38. The molecule has 7 heteroatoms. The fourth-order valence-corrected chi connectivity index (χ4v) is 3.57. The van der Waals surface area contributed by atoms with Crippen molar-refractivity contribution < 1.29 is 19.4 Å². The largest absolute Gasteiger partial charge is 0.481 e. The van der Waals surface area contributed by atoms with Gasteiger partial charge < -0.3 is 15.2 Å². The number of hydrogen-bond acceptors (Lipinski definition) is 6. The molecule has 0 fully saturated rings. The lowest BCUT2D eigenvalue weighted by atomic mass is 9.78. The van der Waals surface area contributed by atoms with E-state index in [1.807, 2.05) is 38.1 Å². The van der Waals surface area contributed by atoms with E-state index >= 15 is 0 Å². The van der Waals surface area contributed by atoms with Gasteiger partial charge in [-0.2, -0.15) is 0 Å². The van der Waals surface area contributed by atoms with Crippen LogP contribution in [0.15, 0.2) is 29.6 Å². The van der Waals surface area contributed by atoms with Crippen molar-refractivity contribution in [2.75, 3.05) is 11.9 Å². The Kier molecular flexibility index (Phi) is 6.74. The molecule has 6 nitrogen and oxygen atoms in total. The van der Waals surface area contributed by atoms with Crippen LogP contribution in [0, 0.1) is 6.92 Å². The van der Waals surface area contributed by atoms with Crippen LogP contribution in [0.5, 0.6) is 0 Å². The number of aliphatic carboxylic acids is 1. The summed E-state index contributed by atoms with van der Waals surface area (Å²) in [4.78, 5) is 28.3. The maximum Gasteiger partial charge on any atom is 0.318 e. The van der Waals surface area contributed by atoms with Gasteiger partial charge in [-0.1, -0.05) is 24.6 Å². The SMILES string of the molecule is CCOC(=O)[C@](CC)(CCC(=O)O)c1csc(Nc2ccc(C)cc2)n1. The van der Waals surface area contributed by atoms with Crippen molar-refractivity contribution in [3.8, 4) is 0 Å². The van der Waals surface area contributed by atoms with Gasteiger partial charge in [0.1, 0.15) is 5.41 Å². The van der Waals surface area contributed by atoms with Gasteiger partial charge in [-0.3, -0.25) is 9.59 Å². The smallest absolute Gasteiger partial charge is 0.318 e. The average Bonchev–Trinajstić information content (AvgIpc) is 3.07. The van der Waals surface area contributed by atoms with Crippen molar-refractivity contribution in [2.45, 2.75) is 45.4 Å². The quantitative estimate of drug-likeness (QED) is 0.635. The van der Waals surface area contributed by atoms with Crippen molar-refractivity contribution in [3.05, 3.63) is 40.9 Å². The third kappa shape index (κ3) is 4.60. The summed E-state index contributed by atoms with van der Waals surface area (Å²) in [6, 6.07) is 7.91. The molecule has 0 spiro atoms. The van der Waals surface area contributed by atoms with Gasteiger partial charge in [-0.15, -0.1) is 11.3 Å². The molecule has 0 aliphatic rings. The Morgan fingerprint density at radius 3 is 2.54 bits per heavy atom. The first-order valence-electron chi connectivity index (χ1n) is 8.60. The summed E-state index contributed by atoms with van der Waals surface area (Å²) in [5.41, 5.74) is 1.58. The Balaban J connectivity index is 2.29. The third-order valence-corrected chi connectivity index (χ3v) is 5.09. The Labute approximate surface area is 157 Å². The van der Waals surface area contributed by atoms with Crippen LogP contribution in [0.2, 0.25) is 0 Å². The molecule has 0 amide bonds. The van der Waals surface area contributed by atoms with Crippen LogP contribution in [-0.2, 0) is 19.7 Å². The topological polar surface area (TPSA) is 88.5 Å². The molecule has 26 heavy (non-hydrogen) atoms. The van der Waals surface area contributed by atoms with Gasteiger partial charge in [0.25, 0.3) is 0 Å². The van der Waals surface area contributed by atoms with Crippen molar-refractivity contribution in [3.63, 3.8) is 0 Å². The first kappa shape index (κ1) is 19.9. The molecule has 0 aliphatic carbocycles. The molecule has 2 aromatic rings. The Hall–Kier alpha value is -2.41. The highest BCUT2D eigenvalue weighted by Gasteiger charge is 2.42. The minimum Gasteiger partial charge on any atom is -0.481 e. The third-order valence-electron chi connectivity index (χ3n) is 4.33. The van der Waals surface area contributed by atoms with Crippen LogP contribution < -0.4 is 5.32 Å². The number of nitrogens with one attached hydrogen (secondary N) is 1. The molecule has 1 aromatic carbocycles. The zero-order valence-electron chi connectivity index (χ0n) is 15.2. The van der Waals surface area contributed by atoms with Crippen LogP contribution >= 0.6 is 11.3 Å². The van der Waals surface area contributed by atoms with E-state index in [9.17, 15) is 9.59 Å². The number of carboxylic acids is 1. The second-order valence-electron chi connectivity index (χ2n) is 6.08. The van der Waals surface area contributed by atoms with Gasteiger partial charge in [0.2, 0.25) is 0 Å². The van der Waals surface area contributed by atoms with Gasteiger partial charge in [0.05, 0.1) is 12.3 Å². The number of benzene rings is 1. The lowest BCUT2D eigenvalue weighted by Gasteiger charge is -2.28. The number of anilines is 2. The summed E-state index contributed by atoms with van der Waals surface area (Å²) in [5, 5.41) is 14.8. The summed E-state index contributed by atoms with van der Waals surface area (Å²) in [6.45, 7) is 5.85. The number of rotatable bonds is 9. The van der Waals surface area contributed by atoms with Crippen molar-refractivity contribution in [1.82, 2.24) is 4.98 Å². The minimum atomic E-state index is -1.04. The van der Waals surface area contributed by atoms with Gasteiger partial charge >= 0.3 is 11.9 Å². The van der Waals surface area contributed by atoms with E-state index in [0.717, 1.165) is 11.3 Å². The molecule has 0 bridgehead atoms. The van der Waals surface area contributed by atoms with E-state index in [4.69, 9.17) is 9.84 Å². The summed E-state index contributed by atoms with van der Waals surface area (Å²) in [7, 11) is 0. The molecule has 0 saturated carbocycles. The first-order chi connectivity index (χ1) is 12.4. The molecular formula is C19H24N2O4S. The highest BCUT2D eigenvalue weighted by molar-refractivity contribution is 7.13. The Morgan fingerprint density at radius 1 is 1.27 bits per heavy atom. The number of thiazole rings is 1. The Morgan fingerprint density at radius 2 is 1.96 bits per heavy atom. The molecule has 1 aromatic heterocycles. The van der Waals surface area contributed by atoms with E-state index in [1.54, 1.807) is 12.3 Å². The highest BCUT2D eigenvalue weighted by atomic mass is 32.1. The number of carbonyl (C=O) groups is 2. The van der Waals surface area contributed by atoms with Crippen LogP contribution in [0.3, 0.4) is 0 Å². The molecule has 0 radical (unpaired) electrons. The Bertz CT molecular complexity index is 757. The molecular weight excluding hydrogens is 352 g/mol. The number of ether oxygens (including phenoxy) is 1. The summed E-state index contributed by atoms with van der Waals surface area (Å²) in [5.74, 6) is -1.36. The predicted molar refractivity (Wildman–Crippen MR) is 102 cm³/mol. The van der Waals surface area contributed by atoms with E-state index in [0.29, 0.717) is 17.2 Å². The fraction of sp³-hybridized carbons (Fsp3) is 0.421. The summed E-state index contributed by atoms with van der Waals surface area (Å²) in [6.07, 6.45) is 0.461. The van der Waals surface area contributed by atoms with Gasteiger partial charge in [0.15, 0.2) is 5.13 Å². The first-order valence-corrected chi connectivity index (χ1v) is 9.48. The second kappa shape index (κ2) is 8.80. The zero-order valence-corrected chi connectivity index (χ0v) is 16.1. The van der Waals surface area contributed by atoms with E-state index in [2.05, 4.69) is 10.3 Å². The van der Waals surface area contributed by atoms with Crippen molar-refractivity contribution in [1.29, 1.82) is 0 Å². The standard InChI is InChI=1S/C19H24N2O4S/c1-4-19(11-10-16(22)23,17(24)25-5-2)15-12-26-18(21-15)20-14-8-6-13(3)7-9-14/h6-9,12H,4-5,10-11H2,1-3H3,(H,20,21)(H,22,23)/t19-/m1/s1. The van der Waals surface area contributed by atoms with Crippen LogP contribution in [-0.4, -0.2) is 28.6 Å². The van der Waals surface area contributed by atoms with E-state index in [-0.39, 0.29) is 19.4 Å². The maximum absolute atomic E-state index is 12.6. The van der Waals surface area contributed by atoms with Crippen molar-refractivity contribution in [2.24, 2.45) is 0 Å². The molecule has 0 saturated heterocycles. The van der Waals surface area contributed by atoms with Gasteiger partial charge in [0, 0.05) is 17.5 Å². The highest BCUT2D eigenvalue weighted by Crippen LogP contribution is 2.37. The number of esters is 1. The molecule has 0 aliphatic heterocycles. The normalized spacial score (nSPS) is 13.0. The molecule has 1 heterocycles. The summed E-state index contributed by atoms with van der Waals surface area (Å²) >= 11 is 1.38. The van der Waals surface area contributed by atoms with Crippen LogP contribution in [0.4, 0.5) is 10.8 Å². The lowest BCUT2D eigenvalue weighted by molar-refractivity contribution is -0.151. The number of nitrogens with zero attached hydrogens (tertiary/aromatic N) is 1. The number of hydrogen-bond donors (Lipinski definition) is 2. The number of aryl methyl sites for hydroxylation is 1.